The van der Waals surface area contributed by atoms with Crippen molar-refractivity contribution < 1.29 is 27.5 Å². The molecule has 1 aromatic heterocycles. The molecule has 114 valence electrons. The van der Waals surface area contributed by atoms with Crippen LogP contribution in [-0.4, -0.2) is 34.6 Å². The van der Waals surface area contributed by atoms with Gasteiger partial charge >= 0.3 is 6.18 Å². The second-order valence-electron chi connectivity index (χ2n) is 4.46. The average Bonchev–Trinajstić information content (AvgIpc) is 2.94. The SMILES string of the molecule is COc1ccc(-c2noc(C(C)C(O)C(F)(F)F)n2)cc1. The highest BCUT2D eigenvalue weighted by Gasteiger charge is 2.44. The van der Waals surface area contributed by atoms with E-state index >= 15 is 0 Å². The van der Waals surface area contributed by atoms with Crippen molar-refractivity contribution in [1.29, 1.82) is 0 Å². The lowest BCUT2D eigenvalue weighted by Crippen LogP contribution is -2.33. The zero-order valence-corrected chi connectivity index (χ0v) is 11.3. The summed E-state index contributed by atoms with van der Waals surface area (Å²) in [6.45, 7) is 1.17. The van der Waals surface area contributed by atoms with Crippen molar-refractivity contribution >= 4 is 0 Å². The minimum absolute atomic E-state index is 0.147. The van der Waals surface area contributed by atoms with E-state index < -0.39 is 18.2 Å². The maximum absolute atomic E-state index is 12.4. The highest BCUT2D eigenvalue weighted by atomic mass is 19.4. The highest BCUT2D eigenvalue weighted by Crippen LogP contribution is 2.31. The molecule has 0 fully saturated rings. The van der Waals surface area contributed by atoms with Gasteiger partial charge < -0.3 is 14.4 Å². The van der Waals surface area contributed by atoms with Crippen LogP contribution in [0.25, 0.3) is 11.4 Å². The third-order valence-electron chi connectivity index (χ3n) is 2.99. The van der Waals surface area contributed by atoms with Crippen molar-refractivity contribution in [3.8, 4) is 17.1 Å². The first kappa shape index (κ1) is 15.3. The van der Waals surface area contributed by atoms with Crippen LogP contribution < -0.4 is 4.74 Å². The molecule has 2 rings (SSSR count). The van der Waals surface area contributed by atoms with Crippen LogP contribution in [0.15, 0.2) is 28.8 Å². The summed E-state index contributed by atoms with van der Waals surface area (Å²) in [5.41, 5.74) is 0.569. The Labute approximate surface area is 118 Å². The molecular formula is C13H13F3N2O3. The summed E-state index contributed by atoms with van der Waals surface area (Å²) in [5.74, 6) is -0.840. The van der Waals surface area contributed by atoms with Crippen LogP contribution in [-0.2, 0) is 0 Å². The Hall–Kier alpha value is -2.09. The summed E-state index contributed by atoms with van der Waals surface area (Å²) < 4.78 is 47.1. The van der Waals surface area contributed by atoms with E-state index in [0.717, 1.165) is 0 Å². The van der Waals surface area contributed by atoms with Crippen LogP contribution in [0.3, 0.4) is 0 Å². The molecule has 0 spiro atoms. The number of aromatic nitrogens is 2. The van der Waals surface area contributed by atoms with Gasteiger partial charge in [-0.15, -0.1) is 0 Å². The Bertz CT molecular complexity index is 595. The number of methoxy groups -OCH3 is 1. The van der Waals surface area contributed by atoms with Gasteiger partial charge in [-0.05, 0) is 24.3 Å². The van der Waals surface area contributed by atoms with Gasteiger partial charge in [-0.3, -0.25) is 0 Å². The van der Waals surface area contributed by atoms with E-state index in [4.69, 9.17) is 9.26 Å². The van der Waals surface area contributed by atoms with Gasteiger partial charge in [0.15, 0.2) is 6.10 Å². The first-order valence-corrected chi connectivity index (χ1v) is 6.05. The van der Waals surface area contributed by atoms with Gasteiger partial charge in [0.2, 0.25) is 11.7 Å². The Morgan fingerprint density at radius 1 is 1.24 bits per heavy atom. The van der Waals surface area contributed by atoms with Crippen molar-refractivity contribution in [2.24, 2.45) is 0 Å². The number of hydrogen-bond acceptors (Lipinski definition) is 5. The Balaban J connectivity index is 2.21. The number of halogens is 3. The highest BCUT2D eigenvalue weighted by molar-refractivity contribution is 5.55. The van der Waals surface area contributed by atoms with Crippen LogP contribution in [0.2, 0.25) is 0 Å². The molecule has 0 bridgehead atoms. The number of alkyl halides is 3. The Morgan fingerprint density at radius 3 is 2.38 bits per heavy atom. The molecule has 0 aliphatic carbocycles. The number of rotatable bonds is 4. The van der Waals surface area contributed by atoms with Gasteiger partial charge in [0.1, 0.15) is 5.75 Å². The summed E-state index contributed by atoms with van der Waals surface area (Å²) >= 11 is 0. The predicted octanol–water partition coefficient (Wildman–Crippen LogP) is 2.77. The first-order chi connectivity index (χ1) is 9.82. The predicted molar refractivity (Wildman–Crippen MR) is 66.8 cm³/mol. The molecule has 0 saturated carbocycles. The molecule has 0 radical (unpaired) electrons. The van der Waals surface area contributed by atoms with Gasteiger partial charge in [0.05, 0.1) is 13.0 Å². The maximum Gasteiger partial charge on any atom is 0.415 e. The number of aliphatic hydroxyl groups is 1. The molecule has 21 heavy (non-hydrogen) atoms. The second kappa shape index (κ2) is 5.72. The Kier molecular flexibility index (Phi) is 4.17. The molecule has 2 atom stereocenters. The van der Waals surface area contributed by atoms with Crippen molar-refractivity contribution in [2.45, 2.75) is 25.1 Å². The first-order valence-electron chi connectivity index (χ1n) is 6.05. The number of nitrogens with zero attached hydrogens (tertiary/aromatic N) is 2. The van der Waals surface area contributed by atoms with Crippen LogP contribution in [0.4, 0.5) is 13.2 Å². The van der Waals surface area contributed by atoms with Gasteiger partial charge in [0.25, 0.3) is 0 Å². The minimum atomic E-state index is -4.74. The number of ether oxygens (including phenoxy) is 1. The quantitative estimate of drug-likeness (QED) is 0.940. The summed E-state index contributed by atoms with van der Waals surface area (Å²) in [7, 11) is 1.52. The van der Waals surface area contributed by atoms with Gasteiger partial charge in [-0.25, -0.2) is 0 Å². The maximum atomic E-state index is 12.4. The van der Waals surface area contributed by atoms with Crippen molar-refractivity contribution in [3.05, 3.63) is 30.2 Å². The second-order valence-corrected chi connectivity index (χ2v) is 4.46. The third kappa shape index (κ3) is 3.33. The number of hydrogen-bond donors (Lipinski definition) is 1. The van der Waals surface area contributed by atoms with Crippen LogP contribution in [0.5, 0.6) is 5.75 Å². The fourth-order valence-electron chi connectivity index (χ4n) is 1.70. The summed E-state index contributed by atoms with van der Waals surface area (Å²) in [4.78, 5) is 3.89. The molecule has 1 N–H and O–H groups in total. The van der Waals surface area contributed by atoms with Gasteiger partial charge in [0, 0.05) is 5.56 Å². The van der Waals surface area contributed by atoms with Crippen LogP contribution in [0, 0.1) is 0 Å². The monoisotopic (exact) mass is 302 g/mol. The molecule has 2 unspecified atom stereocenters. The van der Waals surface area contributed by atoms with E-state index in [9.17, 15) is 18.3 Å². The lowest BCUT2D eigenvalue weighted by molar-refractivity contribution is -0.210. The normalized spacial score (nSPS) is 14.8. The lowest BCUT2D eigenvalue weighted by Gasteiger charge is -2.17. The van der Waals surface area contributed by atoms with Crippen molar-refractivity contribution in [3.63, 3.8) is 0 Å². The molecule has 0 amide bonds. The smallest absolute Gasteiger partial charge is 0.415 e. The topological polar surface area (TPSA) is 68.4 Å². The van der Waals surface area contributed by atoms with E-state index in [1.54, 1.807) is 24.3 Å². The molecule has 0 saturated heterocycles. The summed E-state index contributed by atoms with van der Waals surface area (Å²) in [5, 5.41) is 12.8. The summed E-state index contributed by atoms with van der Waals surface area (Å²) in [6.07, 6.45) is -7.30. The molecule has 0 aliphatic rings. The van der Waals surface area contributed by atoms with E-state index in [2.05, 4.69) is 10.1 Å². The molecule has 1 aromatic carbocycles. The van der Waals surface area contributed by atoms with Crippen LogP contribution in [0.1, 0.15) is 18.7 Å². The van der Waals surface area contributed by atoms with E-state index in [1.165, 1.54) is 14.0 Å². The standard InChI is InChI=1S/C13H13F3N2O3/c1-7(10(19)13(14,15)16)12-17-11(18-21-12)8-3-5-9(20-2)6-4-8/h3-7,10,19H,1-2H3. The van der Waals surface area contributed by atoms with E-state index in [0.29, 0.717) is 11.3 Å². The molecular weight excluding hydrogens is 289 g/mol. The fourth-order valence-corrected chi connectivity index (χ4v) is 1.70. The zero-order chi connectivity index (χ0) is 15.6. The zero-order valence-electron chi connectivity index (χ0n) is 11.3. The molecule has 1 heterocycles. The largest absolute Gasteiger partial charge is 0.497 e. The lowest BCUT2D eigenvalue weighted by atomic mass is 10.0. The van der Waals surface area contributed by atoms with E-state index in [1.807, 2.05) is 0 Å². The number of benzene rings is 1. The van der Waals surface area contributed by atoms with Crippen molar-refractivity contribution in [1.82, 2.24) is 10.1 Å². The summed E-state index contributed by atoms with van der Waals surface area (Å²) in [6, 6.07) is 6.63. The molecule has 2 aromatic rings. The van der Waals surface area contributed by atoms with Gasteiger partial charge in [-0.2, -0.15) is 18.2 Å². The third-order valence-corrected chi connectivity index (χ3v) is 2.99. The van der Waals surface area contributed by atoms with Crippen LogP contribution >= 0.6 is 0 Å². The Morgan fingerprint density at radius 2 is 1.86 bits per heavy atom. The van der Waals surface area contributed by atoms with E-state index in [-0.39, 0.29) is 11.7 Å². The fraction of sp³-hybridized carbons (Fsp3) is 0.385. The molecule has 8 heteroatoms. The average molecular weight is 302 g/mol. The molecule has 5 nitrogen and oxygen atoms in total. The number of aliphatic hydroxyl groups excluding tert-OH is 1. The minimum Gasteiger partial charge on any atom is -0.497 e. The van der Waals surface area contributed by atoms with Crippen molar-refractivity contribution in [2.75, 3.05) is 7.11 Å². The molecule has 0 aliphatic heterocycles. The van der Waals surface area contributed by atoms with Gasteiger partial charge in [-0.1, -0.05) is 12.1 Å².